The first-order valence-corrected chi connectivity index (χ1v) is 4.60. The lowest BCUT2D eigenvalue weighted by Crippen LogP contribution is -2.19. The van der Waals surface area contributed by atoms with Gasteiger partial charge in [0.15, 0.2) is 0 Å². The number of aryl methyl sites for hydroxylation is 1. The quantitative estimate of drug-likeness (QED) is 0.749. The van der Waals surface area contributed by atoms with Crippen molar-refractivity contribution in [1.29, 1.82) is 0 Å². The Hall–Kier alpha value is -1.02. The fraction of sp³-hybridized carbons (Fsp3) is 0.455. The van der Waals surface area contributed by atoms with Crippen molar-refractivity contribution in [3.8, 4) is 5.75 Å². The highest BCUT2D eigenvalue weighted by molar-refractivity contribution is 5.41. The number of nitrogens with two attached hydrogens (primary N) is 1. The summed E-state index contributed by atoms with van der Waals surface area (Å²) in [5.74, 6) is 0.908. The van der Waals surface area contributed by atoms with Crippen LogP contribution in [0.3, 0.4) is 0 Å². The maximum atomic E-state index is 6.12. The van der Waals surface area contributed by atoms with E-state index in [1.165, 1.54) is 11.1 Å². The van der Waals surface area contributed by atoms with Crippen LogP contribution in [-0.2, 0) is 5.54 Å². The van der Waals surface area contributed by atoms with E-state index in [0.29, 0.717) is 0 Å². The highest BCUT2D eigenvalue weighted by atomic mass is 16.5. The van der Waals surface area contributed by atoms with Crippen LogP contribution in [0.5, 0.6) is 5.75 Å². The van der Waals surface area contributed by atoms with E-state index < -0.39 is 0 Å². The van der Waals surface area contributed by atoms with Crippen LogP contribution in [0.4, 0.5) is 0 Å². The van der Waals surface area contributed by atoms with Crippen molar-refractivity contribution in [2.75, 3.05) is 7.11 Å². The van der Waals surface area contributed by atoms with E-state index >= 15 is 0 Å². The molecule has 0 saturated heterocycles. The highest BCUT2D eigenvalue weighted by Crippen LogP contribution is 2.44. The van der Waals surface area contributed by atoms with E-state index in [0.717, 1.165) is 18.6 Å². The molecular weight excluding hydrogens is 162 g/mol. The van der Waals surface area contributed by atoms with Gasteiger partial charge in [0.25, 0.3) is 0 Å². The second-order valence-electron chi connectivity index (χ2n) is 3.84. The zero-order valence-corrected chi connectivity index (χ0v) is 8.13. The topological polar surface area (TPSA) is 35.2 Å². The van der Waals surface area contributed by atoms with Crippen molar-refractivity contribution < 1.29 is 4.74 Å². The third-order valence-electron chi connectivity index (χ3n) is 2.76. The summed E-state index contributed by atoms with van der Waals surface area (Å²) in [6, 6.07) is 6.11. The summed E-state index contributed by atoms with van der Waals surface area (Å²) < 4.78 is 5.14. The molecule has 1 saturated carbocycles. The first-order valence-electron chi connectivity index (χ1n) is 4.60. The van der Waals surface area contributed by atoms with Crippen LogP contribution in [0, 0.1) is 6.92 Å². The van der Waals surface area contributed by atoms with Crippen molar-refractivity contribution in [2.45, 2.75) is 25.3 Å². The van der Waals surface area contributed by atoms with E-state index in [1.54, 1.807) is 7.11 Å². The number of methoxy groups -OCH3 is 1. The third kappa shape index (κ3) is 1.42. The van der Waals surface area contributed by atoms with Gasteiger partial charge in [0.05, 0.1) is 7.11 Å². The monoisotopic (exact) mass is 177 g/mol. The standard InChI is InChI=1S/C11H15NO/c1-8-7-9(13-2)3-4-10(8)11(12)5-6-11/h3-4,7H,5-6,12H2,1-2H3. The largest absolute Gasteiger partial charge is 0.497 e. The predicted octanol–water partition coefficient (Wildman–Crippen LogP) is 1.95. The van der Waals surface area contributed by atoms with Gasteiger partial charge < -0.3 is 10.5 Å². The van der Waals surface area contributed by atoms with Gasteiger partial charge in [-0.1, -0.05) is 6.07 Å². The molecule has 1 aromatic rings. The normalized spacial score (nSPS) is 18.4. The molecule has 1 aromatic carbocycles. The molecule has 2 heteroatoms. The van der Waals surface area contributed by atoms with Gasteiger partial charge in [0.2, 0.25) is 0 Å². The van der Waals surface area contributed by atoms with Gasteiger partial charge in [-0.15, -0.1) is 0 Å². The molecule has 2 rings (SSSR count). The molecule has 70 valence electrons. The highest BCUT2D eigenvalue weighted by Gasteiger charge is 2.40. The molecule has 0 spiro atoms. The fourth-order valence-corrected chi connectivity index (χ4v) is 1.73. The molecule has 13 heavy (non-hydrogen) atoms. The first-order chi connectivity index (χ1) is 6.15. The SMILES string of the molecule is COc1ccc(C2(N)CC2)c(C)c1. The maximum absolute atomic E-state index is 6.12. The molecule has 1 fully saturated rings. The molecule has 0 aromatic heterocycles. The van der Waals surface area contributed by atoms with Crippen LogP contribution in [0.2, 0.25) is 0 Å². The lowest BCUT2D eigenvalue weighted by molar-refractivity contribution is 0.414. The minimum absolute atomic E-state index is 0.0314. The Bertz CT molecular complexity index is 329. The lowest BCUT2D eigenvalue weighted by Gasteiger charge is -2.13. The summed E-state index contributed by atoms with van der Waals surface area (Å²) in [6.07, 6.45) is 2.22. The van der Waals surface area contributed by atoms with E-state index in [9.17, 15) is 0 Å². The van der Waals surface area contributed by atoms with Gasteiger partial charge >= 0.3 is 0 Å². The van der Waals surface area contributed by atoms with Crippen molar-refractivity contribution in [2.24, 2.45) is 5.73 Å². The molecule has 0 aliphatic heterocycles. The second-order valence-corrected chi connectivity index (χ2v) is 3.84. The first kappa shape index (κ1) is 8.57. The molecule has 0 atom stereocenters. The van der Waals surface area contributed by atoms with Gasteiger partial charge in [-0.05, 0) is 43.0 Å². The summed E-state index contributed by atoms with van der Waals surface area (Å²) in [6.45, 7) is 2.09. The zero-order valence-electron chi connectivity index (χ0n) is 8.13. The molecular formula is C11H15NO. The molecule has 2 N–H and O–H groups in total. The van der Waals surface area contributed by atoms with Gasteiger partial charge in [0, 0.05) is 5.54 Å². The molecule has 0 amide bonds. The molecule has 2 nitrogen and oxygen atoms in total. The Morgan fingerprint density at radius 2 is 2.08 bits per heavy atom. The van der Waals surface area contributed by atoms with Gasteiger partial charge in [-0.25, -0.2) is 0 Å². The Kier molecular flexibility index (Phi) is 1.81. The van der Waals surface area contributed by atoms with Crippen molar-refractivity contribution in [3.63, 3.8) is 0 Å². The van der Waals surface area contributed by atoms with E-state index in [4.69, 9.17) is 10.5 Å². The van der Waals surface area contributed by atoms with Crippen LogP contribution in [-0.4, -0.2) is 7.11 Å². The molecule has 1 aliphatic carbocycles. The number of ether oxygens (including phenoxy) is 1. The molecule has 0 unspecified atom stereocenters. The predicted molar refractivity (Wildman–Crippen MR) is 52.8 cm³/mol. The Labute approximate surface area is 78.7 Å². The third-order valence-corrected chi connectivity index (χ3v) is 2.76. The summed E-state index contributed by atoms with van der Waals surface area (Å²) in [7, 11) is 1.68. The summed E-state index contributed by atoms with van der Waals surface area (Å²) in [4.78, 5) is 0. The molecule has 1 aliphatic rings. The molecule has 0 radical (unpaired) electrons. The van der Waals surface area contributed by atoms with Crippen LogP contribution in [0.1, 0.15) is 24.0 Å². The van der Waals surface area contributed by atoms with Crippen molar-refractivity contribution in [1.82, 2.24) is 0 Å². The van der Waals surface area contributed by atoms with Crippen molar-refractivity contribution >= 4 is 0 Å². The van der Waals surface area contributed by atoms with E-state index in [2.05, 4.69) is 13.0 Å². The lowest BCUT2D eigenvalue weighted by atomic mass is 10.00. The molecule has 0 bridgehead atoms. The number of hydrogen-bond donors (Lipinski definition) is 1. The number of hydrogen-bond acceptors (Lipinski definition) is 2. The van der Waals surface area contributed by atoms with Crippen LogP contribution in [0.15, 0.2) is 18.2 Å². The second kappa shape index (κ2) is 2.74. The Balaban J connectivity index is 2.38. The minimum Gasteiger partial charge on any atom is -0.497 e. The van der Waals surface area contributed by atoms with E-state index in [-0.39, 0.29) is 5.54 Å². The maximum Gasteiger partial charge on any atom is 0.119 e. The van der Waals surface area contributed by atoms with Gasteiger partial charge in [0.1, 0.15) is 5.75 Å². The Morgan fingerprint density at radius 1 is 1.38 bits per heavy atom. The summed E-state index contributed by atoms with van der Waals surface area (Å²) in [5.41, 5.74) is 8.60. The Morgan fingerprint density at radius 3 is 2.54 bits per heavy atom. The van der Waals surface area contributed by atoms with Crippen molar-refractivity contribution in [3.05, 3.63) is 29.3 Å². The van der Waals surface area contributed by atoms with E-state index in [1.807, 2.05) is 12.1 Å². The number of benzene rings is 1. The average molecular weight is 177 g/mol. The molecule has 0 heterocycles. The van der Waals surface area contributed by atoms with Crippen LogP contribution >= 0.6 is 0 Å². The summed E-state index contributed by atoms with van der Waals surface area (Å²) in [5, 5.41) is 0. The fourth-order valence-electron chi connectivity index (χ4n) is 1.73. The van der Waals surface area contributed by atoms with Gasteiger partial charge in [-0.2, -0.15) is 0 Å². The number of rotatable bonds is 2. The smallest absolute Gasteiger partial charge is 0.119 e. The minimum atomic E-state index is -0.0314. The van der Waals surface area contributed by atoms with Crippen LogP contribution in [0.25, 0.3) is 0 Å². The average Bonchev–Trinajstić information content (AvgIpc) is 2.84. The van der Waals surface area contributed by atoms with Crippen LogP contribution < -0.4 is 10.5 Å². The zero-order chi connectivity index (χ0) is 9.47. The van der Waals surface area contributed by atoms with Gasteiger partial charge in [-0.3, -0.25) is 0 Å². The summed E-state index contributed by atoms with van der Waals surface area (Å²) >= 11 is 0.